The standard InChI is InChI=1S/C16H25NO/c1-4-16(11-18-3)17-12(2)14-9-8-13-6-5-7-15(13)10-14/h8-10,12,16-17H,4-7,11H2,1-3H3. The minimum absolute atomic E-state index is 0.399. The van der Waals surface area contributed by atoms with Crippen LogP contribution in [0.25, 0.3) is 0 Å². The average Bonchev–Trinajstić information content (AvgIpc) is 2.85. The monoisotopic (exact) mass is 247 g/mol. The normalized spacial score (nSPS) is 17.5. The Balaban J connectivity index is 2.02. The van der Waals surface area contributed by atoms with Crippen LogP contribution >= 0.6 is 0 Å². The lowest BCUT2D eigenvalue weighted by Crippen LogP contribution is -2.34. The van der Waals surface area contributed by atoms with Crippen LogP contribution in [0.1, 0.15) is 49.4 Å². The van der Waals surface area contributed by atoms with Gasteiger partial charge >= 0.3 is 0 Å². The predicted octanol–water partition coefficient (Wildman–Crippen LogP) is 3.25. The lowest BCUT2D eigenvalue weighted by molar-refractivity contribution is 0.159. The molecule has 0 heterocycles. The Labute approximate surface area is 111 Å². The second-order valence-electron chi connectivity index (χ2n) is 5.33. The zero-order chi connectivity index (χ0) is 13.0. The van der Waals surface area contributed by atoms with E-state index in [1.54, 1.807) is 18.2 Å². The number of fused-ring (bicyclic) bond motifs is 1. The molecule has 0 aromatic heterocycles. The van der Waals surface area contributed by atoms with E-state index < -0.39 is 0 Å². The molecule has 1 aliphatic rings. The van der Waals surface area contributed by atoms with Crippen molar-refractivity contribution in [3.8, 4) is 0 Å². The van der Waals surface area contributed by atoms with E-state index in [1.165, 1.54) is 24.8 Å². The van der Waals surface area contributed by atoms with Crippen LogP contribution in [0.5, 0.6) is 0 Å². The summed E-state index contributed by atoms with van der Waals surface area (Å²) in [6, 6.07) is 7.82. The first-order valence-electron chi connectivity index (χ1n) is 7.11. The van der Waals surface area contributed by atoms with E-state index in [1.807, 2.05) is 0 Å². The summed E-state index contributed by atoms with van der Waals surface area (Å²) in [5, 5.41) is 3.65. The van der Waals surface area contributed by atoms with E-state index >= 15 is 0 Å². The molecule has 0 saturated heterocycles. The molecule has 2 rings (SSSR count). The number of rotatable bonds is 6. The Hall–Kier alpha value is -0.860. The molecule has 2 unspecified atom stereocenters. The Morgan fingerprint density at radius 1 is 1.28 bits per heavy atom. The van der Waals surface area contributed by atoms with Gasteiger partial charge in [0.1, 0.15) is 0 Å². The van der Waals surface area contributed by atoms with Crippen molar-refractivity contribution in [1.82, 2.24) is 5.32 Å². The van der Waals surface area contributed by atoms with Crippen molar-refractivity contribution in [1.29, 1.82) is 0 Å². The molecular weight excluding hydrogens is 222 g/mol. The molecule has 1 aliphatic carbocycles. The van der Waals surface area contributed by atoms with Crippen LogP contribution in [0.15, 0.2) is 18.2 Å². The van der Waals surface area contributed by atoms with Crippen molar-refractivity contribution in [3.63, 3.8) is 0 Å². The second-order valence-corrected chi connectivity index (χ2v) is 5.33. The van der Waals surface area contributed by atoms with Crippen LogP contribution < -0.4 is 5.32 Å². The fourth-order valence-corrected chi connectivity index (χ4v) is 2.80. The van der Waals surface area contributed by atoms with E-state index in [-0.39, 0.29) is 0 Å². The molecule has 0 bridgehead atoms. The molecule has 1 aromatic rings. The van der Waals surface area contributed by atoms with Gasteiger partial charge in [-0.05, 0) is 49.3 Å². The number of hydrogen-bond acceptors (Lipinski definition) is 2. The Morgan fingerprint density at radius 2 is 2.06 bits per heavy atom. The largest absolute Gasteiger partial charge is 0.383 e. The molecule has 0 amide bonds. The highest BCUT2D eigenvalue weighted by atomic mass is 16.5. The molecule has 18 heavy (non-hydrogen) atoms. The number of ether oxygens (including phenoxy) is 1. The van der Waals surface area contributed by atoms with Crippen LogP contribution in [0.4, 0.5) is 0 Å². The van der Waals surface area contributed by atoms with E-state index in [0.717, 1.165) is 13.0 Å². The summed E-state index contributed by atoms with van der Waals surface area (Å²) in [7, 11) is 1.77. The van der Waals surface area contributed by atoms with Gasteiger partial charge in [-0.2, -0.15) is 0 Å². The minimum atomic E-state index is 0.399. The van der Waals surface area contributed by atoms with Crippen LogP contribution in [-0.4, -0.2) is 19.8 Å². The summed E-state index contributed by atoms with van der Waals surface area (Å²) < 4.78 is 5.24. The van der Waals surface area contributed by atoms with E-state index in [2.05, 4.69) is 37.4 Å². The van der Waals surface area contributed by atoms with Gasteiger partial charge in [-0.15, -0.1) is 0 Å². The SMILES string of the molecule is CCC(COC)NC(C)c1ccc2c(c1)CCC2. The van der Waals surface area contributed by atoms with Crippen molar-refractivity contribution >= 4 is 0 Å². The highest BCUT2D eigenvalue weighted by molar-refractivity contribution is 5.36. The van der Waals surface area contributed by atoms with Gasteiger partial charge < -0.3 is 10.1 Å². The summed E-state index contributed by atoms with van der Waals surface area (Å²) >= 11 is 0. The van der Waals surface area contributed by atoms with Crippen molar-refractivity contribution in [2.75, 3.05) is 13.7 Å². The number of benzene rings is 1. The third-order valence-corrected chi connectivity index (χ3v) is 3.97. The summed E-state index contributed by atoms with van der Waals surface area (Å²) in [6.07, 6.45) is 4.94. The van der Waals surface area contributed by atoms with Crippen LogP contribution in [0.3, 0.4) is 0 Å². The average molecular weight is 247 g/mol. The summed E-state index contributed by atoms with van der Waals surface area (Å²) in [5.41, 5.74) is 4.51. The molecule has 100 valence electrons. The molecule has 2 heteroatoms. The smallest absolute Gasteiger partial charge is 0.0615 e. The second kappa shape index (κ2) is 6.35. The fraction of sp³-hybridized carbons (Fsp3) is 0.625. The predicted molar refractivity (Wildman–Crippen MR) is 76.0 cm³/mol. The van der Waals surface area contributed by atoms with E-state index in [4.69, 9.17) is 4.74 Å². The molecule has 2 nitrogen and oxygen atoms in total. The van der Waals surface area contributed by atoms with Crippen molar-refractivity contribution in [3.05, 3.63) is 34.9 Å². The van der Waals surface area contributed by atoms with E-state index in [0.29, 0.717) is 12.1 Å². The maximum absolute atomic E-state index is 5.24. The quantitative estimate of drug-likeness (QED) is 0.833. The van der Waals surface area contributed by atoms with Gasteiger partial charge in [0.15, 0.2) is 0 Å². The third-order valence-electron chi connectivity index (χ3n) is 3.97. The van der Waals surface area contributed by atoms with E-state index in [9.17, 15) is 0 Å². The van der Waals surface area contributed by atoms with Crippen LogP contribution in [0, 0.1) is 0 Å². The molecular formula is C16H25NO. The first-order valence-corrected chi connectivity index (χ1v) is 7.11. The number of nitrogens with one attached hydrogen (secondary N) is 1. The third kappa shape index (κ3) is 3.12. The molecule has 1 aromatic carbocycles. The molecule has 0 fully saturated rings. The van der Waals surface area contributed by atoms with Gasteiger partial charge in [0, 0.05) is 19.2 Å². The molecule has 0 radical (unpaired) electrons. The van der Waals surface area contributed by atoms with Crippen LogP contribution in [-0.2, 0) is 17.6 Å². The Morgan fingerprint density at radius 3 is 2.78 bits per heavy atom. The summed E-state index contributed by atoms with van der Waals surface area (Å²) in [4.78, 5) is 0. The molecule has 1 N–H and O–H groups in total. The Kier molecular flexibility index (Phi) is 4.79. The van der Waals surface area contributed by atoms with Gasteiger partial charge in [-0.25, -0.2) is 0 Å². The molecule has 0 spiro atoms. The zero-order valence-corrected chi connectivity index (χ0v) is 11.8. The Bertz CT molecular complexity index is 389. The maximum Gasteiger partial charge on any atom is 0.0615 e. The van der Waals surface area contributed by atoms with Crippen LogP contribution in [0.2, 0.25) is 0 Å². The van der Waals surface area contributed by atoms with Crippen molar-refractivity contribution in [2.24, 2.45) is 0 Å². The lowest BCUT2D eigenvalue weighted by Gasteiger charge is -2.22. The van der Waals surface area contributed by atoms with Gasteiger partial charge in [-0.1, -0.05) is 25.1 Å². The highest BCUT2D eigenvalue weighted by Crippen LogP contribution is 2.25. The zero-order valence-electron chi connectivity index (χ0n) is 11.8. The number of hydrogen-bond donors (Lipinski definition) is 1. The highest BCUT2D eigenvalue weighted by Gasteiger charge is 2.15. The maximum atomic E-state index is 5.24. The van der Waals surface area contributed by atoms with Gasteiger partial charge in [0.25, 0.3) is 0 Å². The first-order chi connectivity index (χ1) is 8.74. The molecule has 2 atom stereocenters. The van der Waals surface area contributed by atoms with Crippen molar-refractivity contribution in [2.45, 2.75) is 51.6 Å². The summed E-state index contributed by atoms with van der Waals surface area (Å²) in [5.74, 6) is 0. The number of aryl methyl sites for hydroxylation is 2. The molecule has 0 saturated carbocycles. The fourth-order valence-electron chi connectivity index (χ4n) is 2.80. The molecule has 0 aliphatic heterocycles. The van der Waals surface area contributed by atoms with Crippen molar-refractivity contribution < 1.29 is 4.74 Å². The topological polar surface area (TPSA) is 21.3 Å². The first kappa shape index (κ1) is 13.6. The number of methoxy groups -OCH3 is 1. The van der Waals surface area contributed by atoms with Gasteiger partial charge in [0.2, 0.25) is 0 Å². The van der Waals surface area contributed by atoms with Gasteiger partial charge in [0.05, 0.1) is 6.61 Å². The minimum Gasteiger partial charge on any atom is -0.383 e. The summed E-state index contributed by atoms with van der Waals surface area (Å²) in [6.45, 7) is 5.23. The van der Waals surface area contributed by atoms with Gasteiger partial charge in [-0.3, -0.25) is 0 Å². The lowest BCUT2D eigenvalue weighted by atomic mass is 10.0.